The molecule has 1 amide bonds. The normalized spacial score (nSPS) is 11.8. The van der Waals surface area contributed by atoms with E-state index in [-0.39, 0.29) is 18.6 Å². The SMILES string of the molecule is COc1ccc(OC)c([C@H](C)NC(=O)COc2ccc(C(C)C)cc2)c1. The van der Waals surface area contributed by atoms with E-state index in [1.807, 2.05) is 49.4 Å². The first kappa shape index (κ1) is 19.6. The molecule has 0 spiro atoms. The van der Waals surface area contributed by atoms with Crippen molar-refractivity contribution in [1.82, 2.24) is 5.32 Å². The molecule has 1 atom stereocenters. The minimum absolute atomic E-state index is 0.0440. The second kappa shape index (κ2) is 9.13. The predicted octanol–water partition coefficient (Wildman–Crippen LogP) is 4.08. The van der Waals surface area contributed by atoms with Gasteiger partial charge in [0, 0.05) is 5.56 Å². The number of hydrogen-bond donors (Lipinski definition) is 1. The van der Waals surface area contributed by atoms with Gasteiger partial charge in [0.25, 0.3) is 5.91 Å². The fourth-order valence-electron chi connectivity index (χ4n) is 2.64. The summed E-state index contributed by atoms with van der Waals surface area (Å²) in [6, 6.07) is 13.1. The minimum atomic E-state index is -0.237. The van der Waals surface area contributed by atoms with Gasteiger partial charge in [-0.25, -0.2) is 0 Å². The molecule has 26 heavy (non-hydrogen) atoms. The van der Waals surface area contributed by atoms with Crippen molar-refractivity contribution in [2.24, 2.45) is 0 Å². The van der Waals surface area contributed by atoms with Crippen molar-refractivity contribution < 1.29 is 19.0 Å². The molecule has 0 aliphatic carbocycles. The summed E-state index contributed by atoms with van der Waals surface area (Å²) in [5.41, 5.74) is 2.09. The Morgan fingerprint density at radius 3 is 2.19 bits per heavy atom. The summed E-state index contributed by atoms with van der Waals surface area (Å²) in [6.45, 7) is 6.12. The average Bonchev–Trinajstić information content (AvgIpc) is 2.66. The zero-order valence-electron chi connectivity index (χ0n) is 16.0. The molecule has 0 aliphatic rings. The molecule has 1 N–H and O–H groups in total. The van der Waals surface area contributed by atoms with Crippen LogP contribution < -0.4 is 19.5 Å². The van der Waals surface area contributed by atoms with Gasteiger partial charge < -0.3 is 19.5 Å². The summed E-state index contributed by atoms with van der Waals surface area (Å²) in [6.07, 6.45) is 0. The Bertz CT molecular complexity index is 725. The van der Waals surface area contributed by atoms with Gasteiger partial charge in [0.15, 0.2) is 6.61 Å². The van der Waals surface area contributed by atoms with Crippen LogP contribution in [0.4, 0.5) is 0 Å². The summed E-state index contributed by atoms with van der Waals surface area (Å²) in [7, 11) is 3.21. The van der Waals surface area contributed by atoms with Crippen LogP contribution >= 0.6 is 0 Å². The number of benzene rings is 2. The highest BCUT2D eigenvalue weighted by atomic mass is 16.5. The first-order chi connectivity index (χ1) is 12.4. The van der Waals surface area contributed by atoms with Crippen molar-refractivity contribution in [3.8, 4) is 17.2 Å². The molecule has 0 saturated heterocycles. The van der Waals surface area contributed by atoms with Crippen LogP contribution in [0.25, 0.3) is 0 Å². The molecule has 140 valence electrons. The first-order valence-electron chi connectivity index (χ1n) is 8.68. The van der Waals surface area contributed by atoms with Gasteiger partial charge in [-0.2, -0.15) is 0 Å². The summed E-state index contributed by atoms with van der Waals surface area (Å²) in [4.78, 5) is 12.2. The predicted molar refractivity (Wildman–Crippen MR) is 102 cm³/mol. The Labute approximate surface area is 155 Å². The number of amides is 1. The molecule has 0 fully saturated rings. The largest absolute Gasteiger partial charge is 0.497 e. The lowest BCUT2D eigenvalue weighted by molar-refractivity contribution is -0.123. The molecule has 0 aromatic heterocycles. The molecular weight excluding hydrogens is 330 g/mol. The molecule has 2 aromatic carbocycles. The maximum absolute atomic E-state index is 12.2. The van der Waals surface area contributed by atoms with Gasteiger partial charge in [0.2, 0.25) is 0 Å². The van der Waals surface area contributed by atoms with Gasteiger partial charge >= 0.3 is 0 Å². The van der Waals surface area contributed by atoms with Crippen LogP contribution in [0.3, 0.4) is 0 Å². The maximum atomic E-state index is 12.2. The van der Waals surface area contributed by atoms with E-state index in [0.29, 0.717) is 23.2 Å². The van der Waals surface area contributed by atoms with Gasteiger partial charge in [-0.15, -0.1) is 0 Å². The molecule has 0 heterocycles. The van der Waals surface area contributed by atoms with E-state index in [9.17, 15) is 4.79 Å². The lowest BCUT2D eigenvalue weighted by Crippen LogP contribution is -2.31. The van der Waals surface area contributed by atoms with Crippen LogP contribution in [0.15, 0.2) is 42.5 Å². The van der Waals surface area contributed by atoms with Crippen LogP contribution in [-0.4, -0.2) is 26.7 Å². The summed E-state index contributed by atoms with van der Waals surface area (Å²) < 4.78 is 16.2. The molecule has 2 rings (SSSR count). The smallest absolute Gasteiger partial charge is 0.258 e. The molecule has 0 aliphatic heterocycles. The Morgan fingerprint density at radius 1 is 0.962 bits per heavy atom. The van der Waals surface area contributed by atoms with E-state index < -0.39 is 0 Å². The van der Waals surface area contributed by atoms with Crippen molar-refractivity contribution in [2.75, 3.05) is 20.8 Å². The maximum Gasteiger partial charge on any atom is 0.258 e. The third-order valence-electron chi connectivity index (χ3n) is 4.20. The number of ether oxygens (including phenoxy) is 3. The molecule has 2 aromatic rings. The zero-order chi connectivity index (χ0) is 19.1. The lowest BCUT2D eigenvalue weighted by Gasteiger charge is -2.18. The molecule has 0 unspecified atom stereocenters. The second-order valence-corrected chi connectivity index (χ2v) is 6.41. The number of carbonyl (C=O) groups is 1. The van der Waals surface area contributed by atoms with Crippen molar-refractivity contribution >= 4 is 5.91 Å². The highest BCUT2D eigenvalue weighted by molar-refractivity contribution is 5.78. The highest BCUT2D eigenvalue weighted by Gasteiger charge is 2.15. The summed E-state index contributed by atoms with van der Waals surface area (Å²) >= 11 is 0. The summed E-state index contributed by atoms with van der Waals surface area (Å²) in [5.74, 6) is 2.35. The summed E-state index contributed by atoms with van der Waals surface area (Å²) in [5, 5.41) is 2.92. The van der Waals surface area contributed by atoms with Crippen LogP contribution in [0.1, 0.15) is 43.9 Å². The average molecular weight is 357 g/mol. The Kier molecular flexibility index (Phi) is 6.89. The van der Waals surface area contributed by atoms with Crippen molar-refractivity contribution in [3.63, 3.8) is 0 Å². The van der Waals surface area contributed by atoms with E-state index >= 15 is 0 Å². The van der Waals surface area contributed by atoms with E-state index in [1.165, 1.54) is 5.56 Å². The third-order valence-corrected chi connectivity index (χ3v) is 4.20. The van der Waals surface area contributed by atoms with Crippen molar-refractivity contribution in [1.29, 1.82) is 0 Å². The van der Waals surface area contributed by atoms with E-state index in [0.717, 1.165) is 5.56 Å². The topological polar surface area (TPSA) is 56.8 Å². The third kappa shape index (κ3) is 5.15. The highest BCUT2D eigenvalue weighted by Crippen LogP contribution is 2.29. The second-order valence-electron chi connectivity index (χ2n) is 6.41. The fraction of sp³-hybridized carbons (Fsp3) is 0.381. The molecule has 5 nitrogen and oxygen atoms in total. The zero-order valence-corrected chi connectivity index (χ0v) is 16.0. The van der Waals surface area contributed by atoms with E-state index in [2.05, 4.69) is 19.2 Å². The van der Waals surface area contributed by atoms with Gasteiger partial charge in [-0.3, -0.25) is 4.79 Å². The lowest BCUT2D eigenvalue weighted by atomic mass is 10.0. The van der Waals surface area contributed by atoms with Crippen molar-refractivity contribution in [2.45, 2.75) is 32.7 Å². The number of nitrogens with one attached hydrogen (secondary N) is 1. The van der Waals surface area contributed by atoms with Crippen LogP contribution in [0, 0.1) is 0 Å². The Morgan fingerprint density at radius 2 is 1.62 bits per heavy atom. The van der Waals surface area contributed by atoms with Crippen LogP contribution in [0.5, 0.6) is 17.2 Å². The van der Waals surface area contributed by atoms with Gasteiger partial charge in [-0.1, -0.05) is 26.0 Å². The quantitative estimate of drug-likeness (QED) is 0.773. The Hall–Kier alpha value is -2.69. The standard InChI is InChI=1S/C21H27NO4/c1-14(2)16-6-8-17(9-7-16)26-13-21(23)22-15(3)19-12-18(24-4)10-11-20(19)25-5/h6-12,14-15H,13H2,1-5H3,(H,22,23)/t15-/m0/s1. The van der Waals surface area contributed by atoms with Gasteiger partial charge in [0.05, 0.1) is 20.3 Å². The monoisotopic (exact) mass is 357 g/mol. The molecular formula is C21H27NO4. The molecule has 5 heteroatoms. The molecule has 0 saturated carbocycles. The van der Waals surface area contributed by atoms with Crippen LogP contribution in [-0.2, 0) is 4.79 Å². The van der Waals surface area contributed by atoms with Crippen molar-refractivity contribution in [3.05, 3.63) is 53.6 Å². The minimum Gasteiger partial charge on any atom is -0.497 e. The number of hydrogen-bond acceptors (Lipinski definition) is 4. The van der Waals surface area contributed by atoms with Gasteiger partial charge in [0.1, 0.15) is 17.2 Å². The van der Waals surface area contributed by atoms with E-state index in [4.69, 9.17) is 14.2 Å². The number of carbonyl (C=O) groups excluding carboxylic acids is 1. The molecule has 0 radical (unpaired) electrons. The molecule has 0 bridgehead atoms. The van der Waals surface area contributed by atoms with Crippen LogP contribution in [0.2, 0.25) is 0 Å². The van der Waals surface area contributed by atoms with Gasteiger partial charge in [-0.05, 0) is 48.7 Å². The Balaban J connectivity index is 1.94. The number of methoxy groups -OCH3 is 2. The van der Waals surface area contributed by atoms with E-state index in [1.54, 1.807) is 14.2 Å². The first-order valence-corrected chi connectivity index (χ1v) is 8.68. The fourth-order valence-corrected chi connectivity index (χ4v) is 2.64. The number of rotatable bonds is 8.